The minimum atomic E-state index is 0.466. The van der Waals surface area contributed by atoms with Crippen LogP contribution in [0.3, 0.4) is 0 Å². The number of rotatable bonds is 5. The molecule has 1 unspecified atom stereocenters. The minimum absolute atomic E-state index is 0.466. The molecule has 2 aromatic heterocycles. The molecule has 1 atom stereocenters. The standard InChI is InChI=1S/C14H19N3S/c1-2-4-12(14-5-3-6-18-14)17-10-16-9-13(17)11-7-15-8-11/h3,5-6,9-12,15H,2,4,7-8H2,1H3. The Bertz CT molecular complexity index is 485. The van der Waals surface area contributed by atoms with Crippen molar-refractivity contribution in [3.05, 3.63) is 40.6 Å². The number of nitrogens with zero attached hydrogens (tertiary/aromatic N) is 2. The Balaban J connectivity index is 1.92. The van der Waals surface area contributed by atoms with Crippen molar-refractivity contribution in [1.82, 2.24) is 14.9 Å². The van der Waals surface area contributed by atoms with Crippen LogP contribution in [0.25, 0.3) is 0 Å². The van der Waals surface area contributed by atoms with E-state index in [1.54, 1.807) is 0 Å². The van der Waals surface area contributed by atoms with E-state index in [4.69, 9.17) is 0 Å². The zero-order chi connectivity index (χ0) is 12.4. The van der Waals surface area contributed by atoms with Crippen LogP contribution >= 0.6 is 11.3 Å². The molecule has 96 valence electrons. The lowest BCUT2D eigenvalue weighted by Gasteiger charge is -2.30. The molecule has 0 aliphatic carbocycles. The first-order valence-corrected chi connectivity index (χ1v) is 7.54. The Morgan fingerprint density at radius 2 is 2.44 bits per heavy atom. The third-order valence-electron chi connectivity index (χ3n) is 3.67. The van der Waals surface area contributed by atoms with Crippen LogP contribution in [0, 0.1) is 0 Å². The summed E-state index contributed by atoms with van der Waals surface area (Å²) in [5.74, 6) is 0.645. The van der Waals surface area contributed by atoms with Crippen molar-refractivity contribution in [3.8, 4) is 0 Å². The summed E-state index contributed by atoms with van der Waals surface area (Å²) in [4.78, 5) is 5.83. The molecule has 1 fully saturated rings. The zero-order valence-electron chi connectivity index (χ0n) is 10.7. The monoisotopic (exact) mass is 261 g/mol. The molecule has 0 radical (unpaired) electrons. The van der Waals surface area contributed by atoms with Gasteiger partial charge in [0.2, 0.25) is 0 Å². The Labute approximate surface area is 112 Å². The largest absolute Gasteiger partial charge is 0.326 e. The van der Waals surface area contributed by atoms with Crippen LogP contribution in [0.4, 0.5) is 0 Å². The number of hydrogen-bond donors (Lipinski definition) is 1. The molecule has 1 aliphatic rings. The first kappa shape index (κ1) is 11.9. The summed E-state index contributed by atoms with van der Waals surface area (Å²) in [7, 11) is 0. The van der Waals surface area contributed by atoms with Crippen molar-refractivity contribution < 1.29 is 0 Å². The molecule has 0 aromatic carbocycles. The molecule has 3 heterocycles. The molecule has 0 bridgehead atoms. The molecule has 3 nitrogen and oxygen atoms in total. The third kappa shape index (κ3) is 2.10. The van der Waals surface area contributed by atoms with Gasteiger partial charge < -0.3 is 9.88 Å². The molecule has 4 heteroatoms. The summed E-state index contributed by atoms with van der Waals surface area (Å²) in [6, 6.07) is 4.85. The highest BCUT2D eigenvalue weighted by Crippen LogP contribution is 2.31. The van der Waals surface area contributed by atoms with Crippen molar-refractivity contribution in [2.45, 2.75) is 31.7 Å². The van der Waals surface area contributed by atoms with Crippen molar-refractivity contribution >= 4 is 11.3 Å². The molecule has 1 aliphatic heterocycles. The van der Waals surface area contributed by atoms with Crippen molar-refractivity contribution in [1.29, 1.82) is 0 Å². The molecular weight excluding hydrogens is 242 g/mol. The van der Waals surface area contributed by atoms with Crippen molar-refractivity contribution in [3.63, 3.8) is 0 Å². The molecule has 18 heavy (non-hydrogen) atoms. The van der Waals surface area contributed by atoms with Crippen LogP contribution < -0.4 is 5.32 Å². The molecule has 0 saturated carbocycles. The third-order valence-corrected chi connectivity index (χ3v) is 4.64. The van der Waals surface area contributed by atoms with E-state index >= 15 is 0 Å². The summed E-state index contributed by atoms with van der Waals surface area (Å²) in [6.45, 7) is 4.44. The van der Waals surface area contributed by atoms with Crippen molar-refractivity contribution in [2.75, 3.05) is 13.1 Å². The van der Waals surface area contributed by atoms with Crippen LogP contribution in [0.2, 0.25) is 0 Å². The Morgan fingerprint density at radius 3 is 3.06 bits per heavy atom. The highest BCUT2D eigenvalue weighted by Gasteiger charge is 2.25. The highest BCUT2D eigenvalue weighted by atomic mass is 32.1. The maximum Gasteiger partial charge on any atom is 0.0954 e. The maximum absolute atomic E-state index is 4.38. The summed E-state index contributed by atoms with van der Waals surface area (Å²) < 4.78 is 2.39. The van der Waals surface area contributed by atoms with Crippen LogP contribution in [-0.2, 0) is 0 Å². The number of imidazole rings is 1. The second-order valence-corrected chi connectivity index (χ2v) is 5.88. The molecular formula is C14H19N3S. The van der Waals surface area contributed by atoms with Gasteiger partial charge in [0.1, 0.15) is 0 Å². The lowest BCUT2D eigenvalue weighted by molar-refractivity contribution is 0.409. The van der Waals surface area contributed by atoms with Gasteiger partial charge >= 0.3 is 0 Å². The fourth-order valence-corrected chi connectivity index (χ4v) is 3.42. The van der Waals surface area contributed by atoms with E-state index in [0.717, 1.165) is 13.1 Å². The fraction of sp³-hybridized carbons (Fsp3) is 0.500. The van der Waals surface area contributed by atoms with Gasteiger partial charge in [-0.1, -0.05) is 19.4 Å². The number of aromatic nitrogens is 2. The van der Waals surface area contributed by atoms with Gasteiger partial charge in [-0.15, -0.1) is 11.3 Å². The Morgan fingerprint density at radius 1 is 1.56 bits per heavy atom. The first-order chi connectivity index (χ1) is 8.90. The second kappa shape index (κ2) is 5.24. The van der Waals surface area contributed by atoms with Gasteiger partial charge in [0.15, 0.2) is 0 Å². The lowest BCUT2D eigenvalue weighted by Crippen LogP contribution is -2.41. The molecule has 1 saturated heterocycles. The van der Waals surface area contributed by atoms with Gasteiger partial charge in [0.05, 0.1) is 12.4 Å². The van der Waals surface area contributed by atoms with Gasteiger partial charge in [-0.25, -0.2) is 4.98 Å². The van der Waals surface area contributed by atoms with E-state index in [9.17, 15) is 0 Å². The maximum atomic E-state index is 4.38. The molecule has 0 spiro atoms. The van der Waals surface area contributed by atoms with E-state index in [1.165, 1.54) is 23.4 Å². The van der Waals surface area contributed by atoms with Crippen LogP contribution in [0.1, 0.15) is 42.3 Å². The SMILES string of the molecule is CCCC(c1cccs1)n1cncc1C1CNC1. The predicted molar refractivity (Wildman–Crippen MR) is 75.2 cm³/mol. The van der Waals surface area contributed by atoms with Crippen LogP contribution in [0.15, 0.2) is 30.0 Å². The Kier molecular flexibility index (Phi) is 3.48. The molecule has 3 rings (SSSR count). The van der Waals surface area contributed by atoms with Gasteiger partial charge in [-0.05, 0) is 17.9 Å². The summed E-state index contributed by atoms with van der Waals surface area (Å²) >= 11 is 1.85. The van der Waals surface area contributed by atoms with Gasteiger partial charge in [0, 0.05) is 35.8 Å². The van der Waals surface area contributed by atoms with Crippen LogP contribution in [-0.4, -0.2) is 22.6 Å². The predicted octanol–water partition coefficient (Wildman–Crippen LogP) is 3.02. The number of hydrogen-bond acceptors (Lipinski definition) is 3. The molecule has 0 amide bonds. The smallest absolute Gasteiger partial charge is 0.0954 e. The summed E-state index contributed by atoms with van der Waals surface area (Å²) in [5, 5.41) is 5.51. The van der Waals surface area contributed by atoms with Gasteiger partial charge in [-0.3, -0.25) is 0 Å². The fourth-order valence-electron chi connectivity index (χ4n) is 2.56. The summed E-state index contributed by atoms with van der Waals surface area (Å²) in [5.41, 5.74) is 1.39. The average molecular weight is 261 g/mol. The second-order valence-electron chi connectivity index (χ2n) is 4.90. The average Bonchev–Trinajstić information content (AvgIpc) is 2.94. The van der Waals surface area contributed by atoms with E-state index in [0.29, 0.717) is 12.0 Å². The van der Waals surface area contributed by atoms with E-state index in [1.807, 2.05) is 23.9 Å². The zero-order valence-corrected chi connectivity index (χ0v) is 11.5. The van der Waals surface area contributed by atoms with E-state index in [2.05, 4.69) is 39.3 Å². The van der Waals surface area contributed by atoms with Crippen LogP contribution in [0.5, 0.6) is 0 Å². The van der Waals surface area contributed by atoms with Gasteiger partial charge in [-0.2, -0.15) is 0 Å². The van der Waals surface area contributed by atoms with Crippen molar-refractivity contribution in [2.24, 2.45) is 0 Å². The molecule has 2 aromatic rings. The summed E-state index contributed by atoms with van der Waals surface area (Å²) in [6.07, 6.45) is 6.43. The van der Waals surface area contributed by atoms with Gasteiger partial charge in [0.25, 0.3) is 0 Å². The highest BCUT2D eigenvalue weighted by molar-refractivity contribution is 7.10. The van der Waals surface area contributed by atoms with E-state index < -0.39 is 0 Å². The topological polar surface area (TPSA) is 29.9 Å². The number of thiophene rings is 1. The lowest BCUT2D eigenvalue weighted by atomic mass is 9.98. The minimum Gasteiger partial charge on any atom is -0.326 e. The first-order valence-electron chi connectivity index (χ1n) is 6.66. The Hall–Kier alpha value is -1.13. The molecule has 1 N–H and O–H groups in total. The van der Waals surface area contributed by atoms with E-state index in [-0.39, 0.29) is 0 Å². The number of nitrogens with one attached hydrogen (secondary N) is 1. The quantitative estimate of drug-likeness (QED) is 0.896. The normalized spacial score (nSPS) is 17.6.